The predicted molar refractivity (Wildman–Crippen MR) is 85.6 cm³/mol. The average Bonchev–Trinajstić information content (AvgIpc) is 3.04. The van der Waals surface area contributed by atoms with E-state index in [2.05, 4.69) is 5.32 Å². The Kier molecular flexibility index (Phi) is 5.58. The minimum Gasteiger partial charge on any atom is -0.481 e. The highest BCUT2D eigenvalue weighted by Crippen LogP contribution is 2.28. The molecule has 1 aromatic carbocycles. The number of carboxylic acid groups (broad SMARTS) is 1. The Labute approximate surface area is 131 Å². The third-order valence-corrected chi connectivity index (χ3v) is 4.78. The fourth-order valence-electron chi connectivity index (χ4n) is 3.11. The monoisotopic (exact) mass is 303 g/mol. The zero-order chi connectivity index (χ0) is 16.0. The summed E-state index contributed by atoms with van der Waals surface area (Å²) >= 11 is 0. The molecule has 0 saturated heterocycles. The topological polar surface area (TPSA) is 66.4 Å². The smallest absolute Gasteiger partial charge is 0.315 e. The van der Waals surface area contributed by atoms with E-state index in [1.807, 2.05) is 18.2 Å². The zero-order valence-electron chi connectivity index (χ0n) is 13.2. The van der Waals surface area contributed by atoms with Gasteiger partial charge >= 0.3 is 5.97 Å². The third kappa shape index (κ3) is 4.09. The van der Waals surface area contributed by atoms with Crippen LogP contribution in [-0.2, 0) is 15.0 Å². The number of amides is 1. The molecular formula is C18H25NO3. The fourth-order valence-corrected chi connectivity index (χ4v) is 3.11. The van der Waals surface area contributed by atoms with Crippen molar-refractivity contribution >= 4 is 11.9 Å². The van der Waals surface area contributed by atoms with Crippen molar-refractivity contribution in [3.63, 3.8) is 0 Å². The van der Waals surface area contributed by atoms with Crippen LogP contribution < -0.4 is 5.32 Å². The molecule has 0 radical (unpaired) electrons. The first kappa shape index (κ1) is 16.5. The van der Waals surface area contributed by atoms with Crippen LogP contribution in [0.1, 0.15) is 51.0 Å². The first-order chi connectivity index (χ1) is 10.5. The van der Waals surface area contributed by atoms with Gasteiger partial charge in [0, 0.05) is 13.0 Å². The summed E-state index contributed by atoms with van der Waals surface area (Å²) in [4.78, 5) is 23.6. The molecule has 0 bridgehead atoms. The van der Waals surface area contributed by atoms with Crippen LogP contribution in [0.4, 0.5) is 0 Å². The number of benzene rings is 1. The van der Waals surface area contributed by atoms with Gasteiger partial charge in [0.2, 0.25) is 5.91 Å². The highest BCUT2D eigenvalue weighted by molar-refractivity contribution is 5.83. The molecule has 0 spiro atoms. The van der Waals surface area contributed by atoms with E-state index in [1.54, 1.807) is 19.1 Å². The molecule has 1 aliphatic rings. The normalized spacial score (nSPS) is 17.9. The molecule has 120 valence electrons. The van der Waals surface area contributed by atoms with Gasteiger partial charge < -0.3 is 10.4 Å². The summed E-state index contributed by atoms with van der Waals surface area (Å²) in [7, 11) is 0. The molecule has 2 N–H and O–H groups in total. The van der Waals surface area contributed by atoms with Crippen molar-refractivity contribution in [1.82, 2.24) is 5.32 Å². The second kappa shape index (κ2) is 7.43. The van der Waals surface area contributed by atoms with E-state index in [0.29, 0.717) is 17.9 Å². The molecule has 1 atom stereocenters. The standard InChI is InChI=1S/C18H25NO3/c1-18(17(21)22,15-9-3-2-4-10-15)13-19-16(20)12-11-14-7-5-6-8-14/h2-4,9-10,14H,5-8,11-13H2,1H3,(H,19,20)(H,21,22). The molecule has 1 amide bonds. The summed E-state index contributed by atoms with van der Waals surface area (Å²) in [5.41, 5.74) is -0.386. The first-order valence-electron chi connectivity index (χ1n) is 8.08. The second-order valence-corrected chi connectivity index (χ2v) is 6.47. The van der Waals surface area contributed by atoms with Gasteiger partial charge in [-0.3, -0.25) is 9.59 Å². The van der Waals surface area contributed by atoms with Crippen molar-refractivity contribution in [1.29, 1.82) is 0 Å². The average molecular weight is 303 g/mol. The molecule has 4 heteroatoms. The maximum atomic E-state index is 12.0. The molecule has 1 unspecified atom stereocenters. The maximum Gasteiger partial charge on any atom is 0.315 e. The summed E-state index contributed by atoms with van der Waals surface area (Å²) in [6, 6.07) is 9.07. The van der Waals surface area contributed by atoms with Gasteiger partial charge in [-0.05, 0) is 24.8 Å². The number of carbonyl (C=O) groups excluding carboxylic acids is 1. The highest BCUT2D eigenvalue weighted by Gasteiger charge is 2.35. The van der Waals surface area contributed by atoms with Crippen LogP contribution in [0.25, 0.3) is 0 Å². The Morgan fingerprint density at radius 2 is 1.86 bits per heavy atom. The Morgan fingerprint density at radius 3 is 2.45 bits per heavy atom. The van der Waals surface area contributed by atoms with Crippen molar-refractivity contribution in [2.24, 2.45) is 5.92 Å². The lowest BCUT2D eigenvalue weighted by molar-refractivity contribution is -0.143. The van der Waals surface area contributed by atoms with Crippen molar-refractivity contribution in [2.45, 2.75) is 50.9 Å². The van der Waals surface area contributed by atoms with E-state index in [4.69, 9.17) is 0 Å². The Hall–Kier alpha value is -1.84. The van der Waals surface area contributed by atoms with Crippen LogP contribution >= 0.6 is 0 Å². The summed E-state index contributed by atoms with van der Waals surface area (Å²) in [6.45, 7) is 1.78. The molecule has 0 aromatic heterocycles. The lowest BCUT2D eigenvalue weighted by atomic mass is 9.82. The molecule has 22 heavy (non-hydrogen) atoms. The fraction of sp³-hybridized carbons (Fsp3) is 0.556. The van der Waals surface area contributed by atoms with E-state index in [0.717, 1.165) is 6.42 Å². The molecule has 1 fully saturated rings. The van der Waals surface area contributed by atoms with Gasteiger partial charge in [0.1, 0.15) is 5.41 Å². The molecule has 1 saturated carbocycles. The van der Waals surface area contributed by atoms with Gasteiger partial charge in [-0.25, -0.2) is 0 Å². The van der Waals surface area contributed by atoms with E-state index in [-0.39, 0.29) is 12.5 Å². The van der Waals surface area contributed by atoms with Crippen LogP contribution in [0, 0.1) is 5.92 Å². The third-order valence-electron chi connectivity index (χ3n) is 4.78. The minimum absolute atomic E-state index is 0.0460. The highest BCUT2D eigenvalue weighted by atomic mass is 16.4. The maximum absolute atomic E-state index is 12.0. The Bertz CT molecular complexity index is 508. The summed E-state index contributed by atoms with van der Waals surface area (Å²) in [5, 5.41) is 12.4. The number of carbonyl (C=O) groups is 2. The first-order valence-corrected chi connectivity index (χ1v) is 8.08. The SMILES string of the molecule is CC(CNC(=O)CCC1CCCC1)(C(=O)O)c1ccccc1. The number of rotatable bonds is 7. The lowest BCUT2D eigenvalue weighted by Gasteiger charge is -2.25. The van der Waals surface area contributed by atoms with Crippen LogP contribution in [0.15, 0.2) is 30.3 Å². The van der Waals surface area contributed by atoms with Gasteiger partial charge in [0.25, 0.3) is 0 Å². The number of hydrogen-bond donors (Lipinski definition) is 2. The molecule has 1 aromatic rings. The van der Waals surface area contributed by atoms with Crippen LogP contribution in [-0.4, -0.2) is 23.5 Å². The van der Waals surface area contributed by atoms with E-state index >= 15 is 0 Å². The second-order valence-electron chi connectivity index (χ2n) is 6.47. The van der Waals surface area contributed by atoms with Crippen molar-refractivity contribution in [3.8, 4) is 0 Å². The van der Waals surface area contributed by atoms with E-state index < -0.39 is 11.4 Å². The van der Waals surface area contributed by atoms with Crippen molar-refractivity contribution in [2.75, 3.05) is 6.54 Å². The number of aliphatic carboxylic acids is 1. The molecule has 0 heterocycles. The van der Waals surface area contributed by atoms with E-state index in [1.165, 1.54) is 25.7 Å². The Balaban J connectivity index is 1.88. The van der Waals surface area contributed by atoms with E-state index in [9.17, 15) is 14.7 Å². The number of carboxylic acids is 1. The van der Waals surface area contributed by atoms with Crippen LogP contribution in [0.3, 0.4) is 0 Å². The molecule has 1 aliphatic carbocycles. The Morgan fingerprint density at radius 1 is 1.23 bits per heavy atom. The largest absolute Gasteiger partial charge is 0.481 e. The minimum atomic E-state index is -1.09. The molecule has 2 rings (SSSR count). The van der Waals surface area contributed by atoms with Crippen molar-refractivity contribution < 1.29 is 14.7 Å². The summed E-state index contributed by atoms with van der Waals surface area (Å²) < 4.78 is 0. The molecular weight excluding hydrogens is 278 g/mol. The van der Waals surface area contributed by atoms with Gasteiger partial charge in [-0.1, -0.05) is 56.0 Å². The predicted octanol–water partition coefficient (Wildman–Crippen LogP) is 3.12. The van der Waals surface area contributed by atoms with Crippen molar-refractivity contribution in [3.05, 3.63) is 35.9 Å². The van der Waals surface area contributed by atoms with Gasteiger partial charge in [-0.2, -0.15) is 0 Å². The lowest BCUT2D eigenvalue weighted by Crippen LogP contribution is -2.44. The zero-order valence-corrected chi connectivity index (χ0v) is 13.2. The molecule has 4 nitrogen and oxygen atoms in total. The van der Waals surface area contributed by atoms with Crippen LogP contribution in [0.5, 0.6) is 0 Å². The van der Waals surface area contributed by atoms with Gasteiger partial charge in [0.05, 0.1) is 0 Å². The van der Waals surface area contributed by atoms with Gasteiger partial charge in [-0.15, -0.1) is 0 Å². The number of nitrogens with one attached hydrogen (secondary N) is 1. The summed E-state index contributed by atoms with van der Waals surface area (Å²) in [6.07, 6.45) is 6.42. The van der Waals surface area contributed by atoms with Crippen LogP contribution in [0.2, 0.25) is 0 Å². The number of hydrogen-bond acceptors (Lipinski definition) is 2. The molecule has 0 aliphatic heterocycles. The summed E-state index contributed by atoms with van der Waals surface area (Å²) in [5.74, 6) is -0.296. The quantitative estimate of drug-likeness (QED) is 0.813. The van der Waals surface area contributed by atoms with Gasteiger partial charge in [0.15, 0.2) is 0 Å².